The molecule has 4 heteroatoms. The largest absolute Gasteiger partial charge is 0.411 e. The second-order valence-electron chi connectivity index (χ2n) is 2.79. The molecule has 4 nitrogen and oxygen atoms in total. The van der Waals surface area contributed by atoms with Crippen molar-refractivity contribution in [3.63, 3.8) is 0 Å². The summed E-state index contributed by atoms with van der Waals surface area (Å²) in [6.07, 6.45) is 0. The summed E-state index contributed by atoms with van der Waals surface area (Å²) in [7, 11) is 0. The molecule has 0 atom stereocenters. The van der Waals surface area contributed by atoms with Gasteiger partial charge in [0.05, 0.1) is 0 Å². The first-order valence-corrected chi connectivity index (χ1v) is 4.24. The third-order valence-corrected chi connectivity index (χ3v) is 1.91. The van der Waals surface area contributed by atoms with Gasteiger partial charge >= 0.3 is 0 Å². The van der Waals surface area contributed by atoms with Gasteiger partial charge in [-0.15, -0.1) is 5.10 Å². The molecule has 68 valence electrons. The fourth-order valence-corrected chi connectivity index (χ4v) is 1.35. The summed E-state index contributed by atoms with van der Waals surface area (Å²) in [5.41, 5.74) is 0.721. The molecule has 1 heterocycles. The van der Waals surface area contributed by atoms with Crippen LogP contribution < -0.4 is 5.32 Å². The van der Waals surface area contributed by atoms with E-state index in [0.717, 1.165) is 28.1 Å². The monoisotopic (exact) mass is 177 g/mol. The number of anilines is 1. The van der Waals surface area contributed by atoms with Crippen LogP contribution >= 0.6 is 0 Å². The Morgan fingerprint density at radius 1 is 1.46 bits per heavy atom. The van der Waals surface area contributed by atoms with Crippen LogP contribution in [0.5, 0.6) is 0 Å². The molecule has 0 saturated heterocycles. The predicted octanol–water partition coefficient (Wildman–Crippen LogP) is 1.71. The van der Waals surface area contributed by atoms with Crippen molar-refractivity contribution in [1.29, 1.82) is 0 Å². The number of para-hydroxylation sites is 1. The Labute approximate surface area is 75.7 Å². The number of nitrogens with zero attached hydrogens (tertiary/aromatic N) is 2. The lowest BCUT2D eigenvalue weighted by Crippen LogP contribution is -1.98. The number of hydrogen-bond acceptors (Lipinski definition) is 3. The third kappa shape index (κ3) is 1.20. The van der Waals surface area contributed by atoms with Crippen LogP contribution in [0.2, 0.25) is 0 Å². The standard InChI is InChI=1S/C9H11N3O/c1-2-10-9-7-5-3-4-6-8(7)12(13)11-9/h3-6,13H,2H2,1H3,(H,10,11). The van der Waals surface area contributed by atoms with E-state index in [4.69, 9.17) is 0 Å². The number of nitrogens with one attached hydrogen (secondary N) is 1. The molecule has 2 aromatic rings. The molecule has 0 aliphatic rings. The molecular weight excluding hydrogens is 166 g/mol. The zero-order chi connectivity index (χ0) is 9.26. The summed E-state index contributed by atoms with van der Waals surface area (Å²) in [5, 5.41) is 17.3. The van der Waals surface area contributed by atoms with Gasteiger partial charge in [-0.2, -0.15) is 0 Å². The molecule has 0 fully saturated rings. The van der Waals surface area contributed by atoms with Gasteiger partial charge in [-0.3, -0.25) is 0 Å². The molecule has 0 radical (unpaired) electrons. The molecule has 0 saturated carbocycles. The smallest absolute Gasteiger partial charge is 0.159 e. The average Bonchev–Trinajstić information content (AvgIpc) is 2.46. The first-order valence-electron chi connectivity index (χ1n) is 4.24. The van der Waals surface area contributed by atoms with Gasteiger partial charge in [0.1, 0.15) is 5.52 Å². The van der Waals surface area contributed by atoms with Gasteiger partial charge in [-0.05, 0) is 19.1 Å². The summed E-state index contributed by atoms with van der Waals surface area (Å²) < 4.78 is 0. The van der Waals surface area contributed by atoms with Crippen LogP contribution in [0.4, 0.5) is 5.82 Å². The van der Waals surface area contributed by atoms with Gasteiger partial charge in [0, 0.05) is 11.9 Å². The highest BCUT2D eigenvalue weighted by Gasteiger charge is 2.06. The molecule has 2 rings (SSSR count). The van der Waals surface area contributed by atoms with Gasteiger partial charge < -0.3 is 10.5 Å². The molecule has 1 aromatic heterocycles. The Morgan fingerprint density at radius 2 is 2.23 bits per heavy atom. The maximum absolute atomic E-state index is 9.38. The summed E-state index contributed by atoms with van der Waals surface area (Å²) in [5.74, 6) is 0.723. The number of fused-ring (bicyclic) bond motifs is 1. The van der Waals surface area contributed by atoms with Gasteiger partial charge in [0.2, 0.25) is 0 Å². The van der Waals surface area contributed by atoms with Crippen molar-refractivity contribution in [2.24, 2.45) is 0 Å². The number of aromatic nitrogens is 2. The molecule has 0 bridgehead atoms. The number of rotatable bonds is 2. The van der Waals surface area contributed by atoms with Crippen molar-refractivity contribution in [1.82, 2.24) is 9.94 Å². The van der Waals surface area contributed by atoms with E-state index in [1.54, 1.807) is 0 Å². The van der Waals surface area contributed by atoms with Crippen LogP contribution in [0.1, 0.15) is 6.92 Å². The van der Waals surface area contributed by atoms with Gasteiger partial charge in [0.15, 0.2) is 5.82 Å². The summed E-state index contributed by atoms with van der Waals surface area (Å²) in [6.45, 7) is 2.78. The fraction of sp³-hybridized carbons (Fsp3) is 0.222. The molecule has 13 heavy (non-hydrogen) atoms. The van der Waals surface area contributed by atoms with E-state index in [1.807, 2.05) is 31.2 Å². The Kier molecular flexibility index (Phi) is 1.81. The molecule has 1 aromatic carbocycles. The van der Waals surface area contributed by atoms with E-state index in [-0.39, 0.29) is 0 Å². The van der Waals surface area contributed by atoms with E-state index in [2.05, 4.69) is 10.4 Å². The minimum absolute atomic E-state index is 0.721. The fourth-order valence-electron chi connectivity index (χ4n) is 1.35. The zero-order valence-corrected chi connectivity index (χ0v) is 7.36. The average molecular weight is 177 g/mol. The Hall–Kier alpha value is -1.71. The SMILES string of the molecule is CCNc1nn(O)c2ccccc12. The Morgan fingerprint density at radius 3 is 3.00 bits per heavy atom. The van der Waals surface area contributed by atoms with E-state index < -0.39 is 0 Å². The minimum Gasteiger partial charge on any atom is -0.411 e. The number of hydrogen-bond donors (Lipinski definition) is 2. The first-order chi connectivity index (χ1) is 6.33. The van der Waals surface area contributed by atoms with Crippen LogP contribution in [0.15, 0.2) is 24.3 Å². The molecule has 0 amide bonds. The van der Waals surface area contributed by atoms with E-state index in [0.29, 0.717) is 0 Å². The van der Waals surface area contributed by atoms with Crippen molar-refractivity contribution >= 4 is 16.7 Å². The van der Waals surface area contributed by atoms with Gasteiger partial charge in [0.25, 0.3) is 0 Å². The summed E-state index contributed by atoms with van der Waals surface area (Å²) in [4.78, 5) is 0.896. The van der Waals surface area contributed by atoms with Crippen LogP contribution in [-0.4, -0.2) is 21.7 Å². The van der Waals surface area contributed by atoms with Crippen LogP contribution in [0.3, 0.4) is 0 Å². The number of benzene rings is 1. The normalized spacial score (nSPS) is 10.5. The summed E-state index contributed by atoms with van der Waals surface area (Å²) >= 11 is 0. The molecular formula is C9H11N3O. The molecule has 0 aliphatic heterocycles. The maximum Gasteiger partial charge on any atom is 0.159 e. The lowest BCUT2D eigenvalue weighted by Gasteiger charge is -1.95. The van der Waals surface area contributed by atoms with Crippen LogP contribution in [0.25, 0.3) is 10.9 Å². The zero-order valence-electron chi connectivity index (χ0n) is 7.36. The third-order valence-electron chi connectivity index (χ3n) is 1.91. The van der Waals surface area contributed by atoms with Crippen molar-refractivity contribution in [2.75, 3.05) is 11.9 Å². The maximum atomic E-state index is 9.38. The second-order valence-corrected chi connectivity index (χ2v) is 2.79. The van der Waals surface area contributed by atoms with Crippen LogP contribution in [-0.2, 0) is 0 Å². The molecule has 0 spiro atoms. The minimum atomic E-state index is 0.721. The highest BCUT2D eigenvalue weighted by molar-refractivity contribution is 5.89. The summed E-state index contributed by atoms with van der Waals surface area (Å²) in [6, 6.07) is 7.54. The van der Waals surface area contributed by atoms with E-state index in [1.165, 1.54) is 0 Å². The molecule has 0 unspecified atom stereocenters. The van der Waals surface area contributed by atoms with Gasteiger partial charge in [-0.1, -0.05) is 17.0 Å². The molecule has 2 N–H and O–H groups in total. The van der Waals surface area contributed by atoms with E-state index >= 15 is 0 Å². The first kappa shape index (κ1) is 7.91. The van der Waals surface area contributed by atoms with Crippen molar-refractivity contribution in [3.05, 3.63) is 24.3 Å². The second kappa shape index (κ2) is 2.97. The van der Waals surface area contributed by atoms with Crippen LogP contribution in [0, 0.1) is 0 Å². The van der Waals surface area contributed by atoms with Crippen molar-refractivity contribution in [2.45, 2.75) is 6.92 Å². The van der Waals surface area contributed by atoms with Crippen molar-refractivity contribution < 1.29 is 5.21 Å². The molecule has 0 aliphatic carbocycles. The lowest BCUT2D eigenvalue weighted by atomic mass is 10.2. The lowest BCUT2D eigenvalue weighted by molar-refractivity contribution is 0.162. The highest BCUT2D eigenvalue weighted by Crippen LogP contribution is 2.20. The van der Waals surface area contributed by atoms with Gasteiger partial charge in [-0.25, -0.2) is 0 Å². The topological polar surface area (TPSA) is 50.1 Å². The predicted molar refractivity (Wildman–Crippen MR) is 51.1 cm³/mol. The quantitative estimate of drug-likeness (QED) is 0.686. The Bertz CT molecular complexity index is 422. The Balaban J connectivity index is 2.63. The van der Waals surface area contributed by atoms with Crippen molar-refractivity contribution in [3.8, 4) is 0 Å². The van der Waals surface area contributed by atoms with E-state index in [9.17, 15) is 5.21 Å². The highest BCUT2D eigenvalue weighted by atomic mass is 16.5.